The van der Waals surface area contributed by atoms with Crippen LogP contribution in [0.4, 0.5) is 0 Å². The van der Waals surface area contributed by atoms with E-state index in [1.54, 1.807) is 7.11 Å². The zero-order valence-electron chi connectivity index (χ0n) is 11.1. The van der Waals surface area contributed by atoms with Crippen LogP contribution in [0.5, 0.6) is 5.75 Å². The minimum atomic E-state index is 0.913. The van der Waals surface area contributed by atoms with Crippen LogP contribution in [0.25, 0.3) is 0 Å². The van der Waals surface area contributed by atoms with Gasteiger partial charge in [-0.3, -0.25) is 0 Å². The first-order valence-electron chi connectivity index (χ1n) is 6.20. The average molecular weight is 253 g/mol. The number of thioether (sulfide) groups is 1. The van der Waals surface area contributed by atoms with Gasteiger partial charge < -0.3 is 10.1 Å². The summed E-state index contributed by atoms with van der Waals surface area (Å²) in [6.45, 7) is 3.14. The van der Waals surface area contributed by atoms with Crippen LogP contribution in [0.3, 0.4) is 0 Å². The zero-order chi connectivity index (χ0) is 12.5. The molecule has 0 unspecified atom stereocenters. The minimum absolute atomic E-state index is 0.913. The molecule has 0 aliphatic heterocycles. The Kier molecular flexibility index (Phi) is 7.13. The lowest BCUT2D eigenvalue weighted by molar-refractivity contribution is 0.411. The molecule has 0 atom stereocenters. The summed E-state index contributed by atoms with van der Waals surface area (Å²) in [6, 6.07) is 6.44. The number of hydrogen-bond acceptors (Lipinski definition) is 3. The number of ether oxygens (including phenoxy) is 1. The van der Waals surface area contributed by atoms with E-state index in [9.17, 15) is 0 Å². The third-order valence-corrected chi connectivity index (χ3v) is 3.72. The van der Waals surface area contributed by atoms with Gasteiger partial charge in [-0.05, 0) is 36.9 Å². The molecule has 0 bridgehead atoms. The fourth-order valence-corrected chi connectivity index (χ4v) is 2.77. The highest BCUT2D eigenvalue weighted by atomic mass is 32.2. The van der Waals surface area contributed by atoms with Gasteiger partial charge in [-0.25, -0.2) is 0 Å². The number of benzene rings is 1. The fraction of sp³-hybridized carbons (Fsp3) is 0.571. The second-order valence-corrected chi connectivity index (χ2v) is 5.19. The van der Waals surface area contributed by atoms with Crippen molar-refractivity contribution in [3.05, 3.63) is 29.3 Å². The standard InChI is InChI=1S/C14H23NOS/c1-4-5-8-17-11-13-9-12(10-15-2)6-7-14(13)16-3/h6-7,9,15H,4-5,8,10-11H2,1-3H3. The summed E-state index contributed by atoms with van der Waals surface area (Å²) in [5.74, 6) is 3.28. The van der Waals surface area contributed by atoms with E-state index in [1.165, 1.54) is 29.7 Å². The highest BCUT2D eigenvalue weighted by Gasteiger charge is 2.04. The van der Waals surface area contributed by atoms with Crippen molar-refractivity contribution < 1.29 is 4.74 Å². The van der Waals surface area contributed by atoms with Gasteiger partial charge >= 0.3 is 0 Å². The highest BCUT2D eigenvalue weighted by Crippen LogP contribution is 2.25. The Balaban J connectivity index is 2.62. The van der Waals surface area contributed by atoms with E-state index in [0.29, 0.717) is 0 Å². The van der Waals surface area contributed by atoms with Gasteiger partial charge in [0.25, 0.3) is 0 Å². The summed E-state index contributed by atoms with van der Waals surface area (Å²) >= 11 is 1.99. The largest absolute Gasteiger partial charge is 0.496 e. The quantitative estimate of drug-likeness (QED) is 0.717. The second kappa shape index (κ2) is 8.43. The van der Waals surface area contributed by atoms with Crippen molar-refractivity contribution in [3.63, 3.8) is 0 Å². The van der Waals surface area contributed by atoms with E-state index in [-0.39, 0.29) is 0 Å². The van der Waals surface area contributed by atoms with E-state index in [4.69, 9.17) is 4.74 Å². The van der Waals surface area contributed by atoms with Gasteiger partial charge in [-0.15, -0.1) is 0 Å². The Morgan fingerprint density at radius 1 is 1.35 bits per heavy atom. The Hall–Kier alpha value is -0.670. The number of rotatable bonds is 8. The van der Waals surface area contributed by atoms with Gasteiger partial charge in [0.15, 0.2) is 0 Å². The Bertz CT molecular complexity index is 328. The van der Waals surface area contributed by atoms with Crippen molar-refractivity contribution in [1.29, 1.82) is 0 Å². The summed E-state index contributed by atoms with van der Waals surface area (Å²) in [7, 11) is 3.72. The minimum Gasteiger partial charge on any atom is -0.496 e. The van der Waals surface area contributed by atoms with Crippen molar-refractivity contribution in [3.8, 4) is 5.75 Å². The molecule has 0 saturated carbocycles. The van der Waals surface area contributed by atoms with Crippen LogP contribution in [0.15, 0.2) is 18.2 Å². The lowest BCUT2D eigenvalue weighted by Crippen LogP contribution is -2.05. The van der Waals surface area contributed by atoms with Gasteiger partial charge in [0, 0.05) is 17.9 Å². The molecule has 0 aliphatic rings. The topological polar surface area (TPSA) is 21.3 Å². The molecule has 1 rings (SSSR count). The third kappa shape index (κ3) is 5.00. The first-order chi connectivity index (χ1) is 8.31. The fourth-order valence-electron chi connectivity index (χ4n) is 1.69. The first kappa shape index (κ1) is 14.4. The number of hydrogen-bond donors (Lipinski definition) is 1. The van der Waals surface area contributed by atoms with Crippen LogP contribution in [0, 0.1) is 0 Å². The second-order valence-electron chi connectivity index (χ2n) is 4.08. The van der Waals surface area contributed by atoms with Gasteiger partial charge in [0.1, 0.15) is 5.75 Å². The lowest BCUT2D eigenvalue weighted by Gasteiger charge is -2.10. The number of unbranched alkanes of at least 4 members (excludes halogenated alkanes) is 1. The zero-order valence-corrected chi connectivity index (χ0v) is 11.9. The molecule has 0 aromatic heterocycles. The SMILES string of the molecule is CCCCSCc1cc(CNC)ccc1OC. The van der Waals surface area contributed by atoms with Crippen LogP contribution in [-0.4, -0.2) is 19.9 Å². The predicted molar refractivity (Wildman–Crippen MR) is 76.8 cm³/mol. The molecule has 96 valence electrons. The highest BCUT2D eigenvalue weighted by molar-refractivity contribution is 7.98. The smallest absolute Gasteiger partial charge is 0.122 e. The molecule has 0 saturated heterocycles. The number of methoxy groups -OCH3 is 1. The van der Waals surface area contributed by atoms with Crippen LogP contribution in [0.2, 0.25) is 0 Å². The molecule has 1 N–H and O–H groups in total. The average Bonchev–Trinajstić information content (AvgIpc) is 2.35. The molecule has 1 aromatic rings. The van der Waals surface area contributed by atoms with E-state index < -0.39 is 0 Å². The molecule has 2 nitrogen and oxygen atoms in total. The summed E-state index contributed by atoms with van der Waals surface area (Å²) < 4.78 is 5.40. The molecule has 1 aromatic carbocycles. The third-order valence-electron chi connectivity index (χ3n) is 2.63. The molecule has 3 heteroatoms. The van der Waals surface area contributed by atoms with Crippen LogP contribution in [-0.2, 0) is 12.3 Å². The maximum Gasteiger partial charge on any atom is 0.122 e. The van der Waals surface area contributed by atoms with Gasteiger partial charge in [0.2, 0.25) is 0 Å². The molecule has 0 aliphatic carbocycles. The van der Waals surface area contributed by atoms with Gasteiger partial charge in [-0.1, -0.05) is 19.4 Å². The van der Waals surface area contributed by atoms with Crippen LogP contribution in [0.1, 0.15) is 30.9 Å². The van der Waals surface area contributed by atoms with Crippen molar-refractivity contribution in [2.24, 2.45) is 0 Å². The van der Waals surface area contributed by atoms with E-state index in [2.05, 4.69) is 30.4 Å². The molecular formula is C14H23NOS. The van der Waals surface area contributed by atoms with Crippen molar-refractivity contribution in [2.45, 2.75) is 32.1 Å². The van der Waals surface area contributed by atoms with E-state index in [1.807, 2.05) is 18.8 Å². The molecule has 0 spiro atoms. The molecule has 0 amide bonds. The van der Waals surface area contributed by atoms with E-state index in [0.717, 1.165) is 18.0 Å². The van der Waals surface area contributed by atoms with Gasteiger partial charge in [-0.2, -0.15) is 11.8 Å². The monoisotopic (exact) mass is 253 g/mol. The Morgan fingerprint density at radius 2 is 2.18 bits per heavy atom. The summed E-state index contributed by atoms with van der Waals surface area (Å²) in [4.78, 5) is 0. The van der Waals surface area contributed by atoms with Crippen molar-refractivity contribution >= 4 is 11.8 Å². The number of nitrogens with one attached hydrogen (secondary N) is 1. The first-order valence-corrected chi connectivity index (χ1v) is 7.35. The van der Waals surface area contributed by atoms with Crippen LogP contribution >= 0.6 is 11.8 Å². The van der Waals surface area contributed by atoms with Crippen molar-refractivity contribution in [2.75, 3.05) is 19.9 Å². The Morgan fingerprint density at radius 3 is 2.82 bits per heavy atom. The molecular weight excluding hydrogens is 230 g/mol. The molecule has 0 heterocycles. The van der Waals surface area contributed by atoms with Crippen LogP contribution < -0.4 is 10.1 Å². The molecule has 17 heavy (non-hydrogen) atoms. The molecule has 0 fully saturated rings. The van der Waals surface area contributed by atoms with E-state index >= 15 is 0 Å². The molecule has 0 radical (unpaired) electrons. The lowest BCUT2D eigenvalue weighted by atomic mass is 10.1. The maximum absolute atomic E-state index is 5.40. The summed E-state index contributed by atoms with van der Waals surface area (Å²) in [5, 5.41) is 3.18. The Labute approximate surface area is 109 Å². The summed E-state index contributed by atoms with van der Waals surface area (Å²) in [6.07, 6.45) is 2.56. The predicted octanol–water partition coefficient (Wildman–Crippen LogP) is 3.45. The van der Waals surface area contributed by atoms with Crippen molar-refractivity contribution in [1.82, 2.24) is 5.32 Å². The maximum atomic E-state index is 5.40. The normalized spacial score (nSPS) is 10.5. The van der Waals surface area contributed by atoms with Gasteiger partial charge in [0.05, 0.1) is 7.11 Å². The summed E-state index contributed by atoms with van der Waals surface area (Å²) in [5.41, 5.74) is 2.63.